The molecule has 142 valence electrons. The lowest BCUT2D eigenvalue weighted by molar-refractivity contribution is 0.198. The molecule has 8 heteroatoms. The molecule has 3 aromatic rings. The Morgan fingerprint density at radius 2 is 2.04 bits per heavy atom. The third kappa shape index (κ3) is 3.96. The molecule has 28 heavy (non-hydrogen) atoms. The Balaban J connectivity index is 1.60. The number of aliphatic hydroxyl groups excluding tert-OH is 1. The fourth-order valence-electron chi connectivity index (χ4n) is 3.05. The minimum Gasteiger partial charge on any atom is -0.391 e. The van der Waals surface area contributed by atoms with E-state index in [2.05, 4.69) is 19.9 Å². The molecule has 0 bridgehead atoms. The summed E-state index contributed by atoms with van der Waals surface area (Å²) < 4.78 is 0. The molecule has 0 amide bonds. The van der Waals surface area contributed by atoms with Gasteiger partial charge < -0.3 is 20.4 Å². The molecule has 1 aliphatic rings. The van der Waals surface area contributed by atoms with Crippen LogP contribution in [0.25, 0.3) is 28.9 Å². The molecule has 1 saturated heterocycles. The molecule has 1 fully saturated rings. The Morgan fingerprint density at radius 1 is 1.21 bits per heavy atom. The molecule has 0 unspecified atom stereocenters. The number of pyridine rings is 1. The molecule has 0 aromatic carbocycles. The Hall–Kier alpha value is -3.39. The number of rotatable bonds is 5. The van der Waals surface area contributed by atoms with E-state index in [1.54, 1.807) is 31.5 Å². The van der Waals surface area contributed by atoms with Crippen LogP contribution in [0.5, 0.6) is 0 Å². The van der Waals surface area contributed by atoms with Gasteiger partial charge in [-0.1, -0.05) is 6.07 Å². The third-order valence-electron chi connectivity index (χ3n) is 4.46. The van der Waals surface area contributed by atoms with E-state index in [0.29, 0.717) is 24.0 Å². The summed E-state index contributed by atoms with van der Waals surface area (Å²) in [5, 5.41) is 17.2. The van der Waals surface area contributed by atoms with Crippen molar-refractivity contribution in [3.05, 3.63) is 48.6 Å². The van der Waals surface area contributed by atoms with Gasteiger partial charge in [-0.3, -0.25) is 0 Å². The number of allylic oxidation sites excluding steroid dienone is 1. The van der Waals surface area contributed by atoms with Gasteiger partial charge >= 0.3 is 0 Å². The van der Waals surface area contributed by atoms with E-state index in [1.807, 2.05) is 29.2 Å². The number of nitrogens with zero attached hydrogens (tertiary/aromatic N) is 5. The number of aliphatic hydroxyl groups is 1. The van der Waals surface area contributed by atoms with Gasteiger partial charge in [0.15, 0.2) is 0 Å². The van der Waals surface area contributed by atoms with Crippen molar-refractivity contribution in [2.75, 3.05) is 18.0 Å². The number of nitrogens with one attached hydrogen (secondary N) is 2. The maximum Gasteiger partial charge on any atom is 0.225 e. The third-order valence-corrected chi connectivity index (χ3v) is 4.46. The first kappa shape index (κ1) is 18.0. The molecule has 0 saturated carbocycles. The van der Waals surface area contributed by atoms with Crippen LogP contribution < -0.4 is 4.90 Å². The van der Waals surface area contributed by atoms with E-state index in [9.17, 15) is 5.11 Å². The van der Waals surface area contributed by atoms with Crippen LogP contribution in [0.2, 0.25) is 0 Å². The predicted molar refractivity (Wildman–Crippen MR) is 108 cm³/mol. The maximum absolute atomic E-state index is 9.74. The first-order valence-electron chi connectivity index (χ1n) is 9.10. The molecule has 1 atom stereocenters. The zero-order valence-electron chi connectivity index (χ0n) is 15.5. The van der Waals surface area contributed by atoms with E-state index in [-0.39, 0.29) is 6.10 Å². The summed E-state index contributed by atoms with van der Waals surface area (Å²) in [6, 6.07) is 7.57. The van der Waals surface area contributed by atoms with Crippen molar-refractivity contribution in [1.82, 2.24) is 24.9 Å². The highest BCUT2D eigenvalue weighted by Crippen LogP contribution is 2.23. The summed E-state index contributed by atoms with van der Waals surface area (Å²) in [6.07, 6.45) is 7.29. The van der Waals surface area contributed by atoms with E-state index >= 15 is 0 Å². The van der Waals surface area contributed by atoms with Crippen molar-refractivity contribution < 1.29 is 5.11 Å². The van der Waals surface area contributed by atoms with Crippen LogP contribution in [0.15, 0.2) is 42.7 Å². The van der Waals surface area contributed by atoms with Gasteiger partial charge in [0, 0.05) is 25.0 Å². The second-order valence-corrected chi connectivity index (χ2v) is 6.74. The number of aromatic amines is 1. The number of hydrogen-bond donors (Lipinski definition) is 3. The predicted octanol–water partition coefficient (Wildman–Crippen LogP) is 2.55. The first-order valence-corrected chi connectivity index (χ1v) is 9.10. The fraction of sp³-hybridized carbons (Fsp3) is 0.250. The van der Waals surface area contributed by atoms with Crippen molar-refractivity contribution in [2.24, 2.45) is 0 Å². The number of anilines is 1. The molecule has 0 spiro atoms. The van der Waals surface area contributed by atoms with Gasteiger partial charge in [-0.15, -0.1) is 0 Å². The van der Waals surface area contributed by atoms with Crippen molar-refractivity contribution >= 4 is 17.7 Å². The van der Waals surface area contributed by atoms with E-state index < -0.39 is 0 Å². The lowest BCUT2D eigenvalue weighted by atomic mass is 10.2. The van der Waals surface area contributed by atoms with Crippen LogP contribution >= 0.6 is 0 Å². The van der Waals surface area contributed by atoms with Crippen molar-refractivity contribution in [3.63, 3.8) is 0 Å². The highest BCUT2D eigenvalue weighted by Gasteiger charge is 2.22. The van der Waals surface area contributed by atoms with Gasteiger partial charge in [-0.2, -0.15) is 0 Å². The van der Waals surface area contributed by atoms with Crippen molar-refractivity contribution in [3.8, 4) is 22.8 Å². The monoisotopic (exact) mass is 375 g/mol. The Bertz CT molecular complexity index is 1030. The number of β-amino-alcohol motifs (C(OH)–C–C–N with tert-alkyl or cyclic N) is 1. The normalized spacial score (nSPS) is 16.8. The largest absolute Gasteiger partial charge is 0.391 e. The average Bonchev–Trinajstić information content (AvgIpc) is 3.36. The average molecular weight is 375 g/mol. The number of H-pyrrole nitrogens is 1. The van der Waals surface area contributed by atoms with Crippen molar-refractivity contribution in [1.29, 1.82) is 5.41 Å². The zero-order chi connectivity index (χ0) is 19.5. The Kier molecular flexibility index (Phi) is 4.94. The smallest absolute Gasteiger partial charge is 0.225 e. The summed E-state index contributed by atoms with van der Waals surface area (Å²) in [5.41, 5.74) is 3.48. The van der Waals surface area contributed by atoms with Gasteiger partial charge in [0.1, 0.15) is 5.82 Å². The maximum atomic E-state index is 9.74. The Labute approximate surface area is 162 Å². The topological polar surface area (TPSA) is 115 Å². The molecule has 1 aliphatic heterocycles. The molecule has 0 radical (unpaired) electrons. The lowest BCUT2D eigenvalue weighted by Crippen LogP contribution is -2.23. The molecule has 4 heterocycles. The fourth-order valence-corrected chi connectivity index (χ4v) is 3.05. The molecular weight excluding hydrogens is 354 g/mol. The summed E-state index contributed by atoms with van der Waals surface area (Å²) in [6.45, 7) is 3.01. The SMILES string of the molecule is CC(=N)/C=C\c1ncc(-c2cccc(-c3ccnc(N4CC[C@@H](O)C4)n3)n2)[nH]1. The minimum atomic E-state index is -0.325. The molecule has 0 aliphatic carbocycles. The van der Waals surface area contributed by atoms with E-state index in [1.165, 1.54) is 0 Å². The highest BCUT2D eigenvalue weighted by molar-refractivity contribution is 5.93. The number of aromatic nitrogens is 5. The van der Waals surface area contributed by atoms with Gasteiger partial charge in [-0.05, 0) is 43.7 Å². The molecular formula is C20H21N7O. The summed E-state index contributed by atoms with van der Waals surface area (Å²) in [4.78, 5) is 23.2. The van der Waals surface area contributed by atoms with Gasteiger partial charge in [0.25, 0.3) is 0 Å². The van der Waals surface area contributed by atoms with Crippen LogP contribution in [-0.4, -0.2) is 54.9 Å². The summed E-state index contributed by atoms with van der Waals surface area (Å²) in [7, 11) is 0. The van der Waals surface area contributed by atoms with Crippen LogP contribution in [-0.2, 0) is 0 Å². The van der Waals surface area contributed by atoms with Gasteiger partial charge in [0.2, 0.25) is 5.95 Å². The quantitative estimate of drug-likeness (QED) is 0.591. The van der Waals surface area contributed by atoms with Crippen LogP contribution in [0, 0.1) is 5.41 Å². The Morgan fingerprint density at radius 3 is 2.82 bits per heavy atom. The lowest BCUT2D eigenvalue weighted by Gasteiger charge is -2.15. The zero-order valence-corrected chi connectivity index (χ0v) is 15.5. The first-order chi connectivity index (χ1) is 13.6. The minimum absolute atomic E-state index is 0.325. The second kappa shape index (κ2) is 7.69. The molecule has 4 rings (SSSR count). The van der Waals surface area contributed by atoms with Gasteiger partial charge in [-0.25, -0.2) is 19.9 Å². The van der Waals surface area contributed by atoms with Gasteiger partial charge in [0.05, 0.1) is 35.1 Å². The summed E-state index contributed by atoms with van der Waals surface area (Å²) in [5.74, 6) is 1.28. The second-order valence-electron chi connectivity index (χ2n) is 6.74. The van der Waals surface area contributed by atoms with Crippen molar-refractivity contribution in [2.45, 2.75) is 19.4 Å². The number of hydrogen-bond acceptors (Lipinski definition) is 7. The summed E-state index contributed by atoms with van der Waals surface area (Å²) >= 11 is 0. The standard InChI is InChI=1S/C20H21N7O/c1-13(21)5-6-19-23-11-18(25-19)16-4-2-3-15(24-16)17-7-9-22-20(26-17)27-10-8-14(28)12-27/h2-7,9,11,14,21,28H,8,10,12H2,1H3,(H,23,25)/b6-5-,21-13?/t14-/m1/s1. The van der Waals surface area contributed by atoms with E-state index in [0.717, 1.165) is 35.7 Å². The van der Waals surface area contributed by atoms with Crippen LogP contribution in [0.3, 0.4) is 0 Å². The molecule has 3 N–H and O–H groups in total. The van der Waals surface area contributed by atoms with Crippen LogP contribution in [0.1, 0.15) is 19.2 Å². The van der Waals surface area contributed by atoms with E-state index in [4.69, 9.17) is 10.4 Å². The molecule has 3 aromatic heterocycles. The van der Waals surface area contributed by atoms with Crippen LogP contribution in [0.4, 0.5) is 5.95 Å². The number of imidazole rings is 1. The molecule has 8 nitrogen and oxygen atoms in total. The highest BCUT2D eigenvalue weighted by atomic mass is 16.3.